The van der Waals surface area contributed by atoms with Crippen molar-refractivity contribution in [1.82, 2.24) is 0 Å². The number of hydrogen-bond acceptors (Lipinski definition) is 6. The van der Waals surface area contributed by atoms with Gasteiger partial charge in [-0.2, -0.15) is 0 Å². The van der Waals surface area contributed by atoms with Crippen molar-refractivity contribution >= 4 is 17.9 Å². The topological polar surface area (TPSA) is 78.9 Å². The van der Waals surface area contributed by atoms with Crippen LogP contribution in [0, 0.1) is 0 Å². The molecule has 0 bridgehead atoms. The van der Waals surface area contributed by atoms with Gasteiger partial charge in [0, 0.05) is 19.3 Å². The predicted octanol–water partition coefficient (Wildman–Crippen LogP) is 19.2. The van der Waals surface area contributed by atoms with E-state index >= 15 is 0 Å². The molecule has 0 aliphatic rings. The summed E-state index contributed by atoms with van der Waals surface area (Å²) in [4.78, 5) is 38.0. The number of ether oxygens (including phenoxy) is 3. The molecule has 0 aromatic heterocycles. The summed E-state index contributed by atoms with van der Waals surface area (Å²) < 4.78 is 16.8. The Balaban J connectivity index is 4.22. The lowest BCUT2D eigenvalue weighted by Crippen LogP contribution is -2.30. The molecule has 1 atom stereocenters. The van der Waals surface area contributed by atoms with Gasteiger partial charge in [-0.3, -0.25) is 14.4 Å². The van der Waals surface area contributed by atoms with Crippen LogP contribution in [0.1, 0.15) is 290 Å². The van der Waals surface area contributed by atoms with E-state index in [1.165, 1.54) is 167 Å². The fourth-order valence-corrected chi connectivity index (χ4v) is 8.19. The zero-order chi connectivity index (χ0) is 48.6. The third-order valence-electron chi connectivity index (χ3n) is 12.5. The van der Waals surface area contributed by atoms with Crippen molar-refractivity contribution in [2.75, 3.05) is 13.2 Å². The van der Waals surface area contributed by atoms with Gasteiger partial charge in [-0.15, -0.1) is 0 Å². The SMILES string of the molecule is CC/C=C\C/C=C\C/C=C\C/C=C\CCCCC(=O)OC(COC(=O)CCCCCCCCCCC)COC(=O)CCCCCCCCCCCCCCC/C=C\CCCCCCCCCC. The molecule has 6 nitrogen and oxygen atoms in total. The molecule has 0 fully saturated rings. The molecule has 1 unspecified atom stereocenters. The molecule has 0 heterocycles. The number of carbonyl (C=O) groups excluding carboxylic acids is 3. The Labute approximate surface area is 415 Å². The van der Waals surface area contributed by atoms with E-state index in [2.05, 4.69) is 81.5 Å². The molecular formula is C61H108O6. The van der Waals surface area contributed by atoms with Crippen LogP contribution in [0.25, 0.3) is 0 Å². The largest absolute Gasteiger partial charge is 0.462 e. The Morgan fingerprint density at radius 2 is 0.582 bits per heavy atom. The standard InChI is InChI=1S/C61H108O6/c1-4-7-10-13-16-19-21-23-25-26-27-28-29-30-31-32-33-34-36-37-39-42-45-48-51-54-60(63)66-57-58(56-65-59(62)53-50-47-44-41-18-15-12-9-6-3)67-61(64)55-52-49-46-43-40-38-35-24-22-20-17-14-11-8-5-2/h8,11,17,20,24,26-27,35,40,43,58H,4-7,9-10,12-16,18-19,21-23,25,28-34,36-39,41-42,44-57H2,1-3H3/b11-8-,20-17-,27-26-,35-24-,43-40-. The van der Waals surface area contributed by atoms with Gasteiger partial charge in [-0.25, -0.2) is 0 Å². The van der Waals surface area contributed by atoms with Crippen LogP contribution < -0.4 is 0 Å². The van der Waals surface area contributed by atoms with Crippen LogP contribution in [0.3, 0.4) is 0 Å². The van der Waals surface area contributed by atoms with Crippen molar-refractivity contribution in [3.8, 4) is 0 Å². The van der Waals surface area contributed by atoms with E-state index in [0.717, 1.165) is 77.0 Å². The van der Waals surface area contributed by atoms with E-state index in [4.69, 9.17) is 14.2 Å². The summed E-state index contributed by atoms with van der Waals surface area (Å²) in [6, 6.07) is 0. The molecule has 0 saturated heterocycles. The first-order valence-electron chi connectivity index (χ1n) is 28.8. The highest BCUT2D eigenvalue weighted by Crippen LogP contribution is 2.16. The van der Waals surface area contributed by atoms with Gasteiger partial charge in [-0.1, -0.05) is 248 Å². The van der Waals surface area contributed by atoms with Crippen LogP contribution in [0.15, 0.2) is 60.8 Å². The van der Waals surface area contributed by atoms with Gasteiger partial charge >= 0.3 is 17.9 Å². The number of unbranched alkanes of at least 4 members (excludes halogenated alkanes) is 31. The second-order valence-electron chi connectivity index (χ2n) is 19.2. The summed E-state index contributed by atoms with van der Waals surface area (Å²) in [6.45, 7) is 6.49. The van der Waals surface area contributed by atoms with Crippen molar-refractivity contribution in [2.24, 2.45) is 0 Å². The summed E-state index contributed by atoms with van der Waals surface area (Å²) >= 11 is 0. The molecular weight excluding hydrogens is 829 g/mol. The highest BCUT2D eigenvalue weighted by molar-refractivity contribution is 5.71. The Morgan fingerprint density at radius 1 is 0.313 bits per heavy atom. The Kier molecular flexibility index (Phi) is 53.3. The highest BCUT2D eigenvalue weighted by atomic mass is 16.6. The van der Waals surface area contributed by atoms with Crippen molar-refractivity contribution in [2.45, 2.75) is 297 Å². The van der Waals surface area contributed by atoms with Crippen LogP contribution >= 0.6 is 0 Å². The van der Waals surface area contributed by atoms with E-state index in [9.17, 15) is 14.4 Å². The average Bonchev–Trinajstić information content (AvgIpc) is 3.33. The number of rotatable bonds is 52. The number of carbonyl (C=O) groups is 3. The van der Waals surface area contributed by atoms with Crippen LogP contribution in [0.2, 0.25) is 0 Å². The van der Waals surface area contributed by atoms with E-state index < -0.39 is 6.10 Å². The highest BCUT2D eigenvalue weighted by Gasteiger charge is 2.19. The molecule has 0 N–H and O–H groups in total. The third kappa shape index (κ3) is 53.9. The van der Waals surface area contributed by atoms with Crippen LogP contribution in [0.4, 0.5) is 0 Å². The summed E-state index contributed by atoms with van der Waals surface area (Å²) in [7, 11) is 0. The van der Waals surface area contributed by atoms with Gasteiger partial charge in [0.15, 0.2) is 6.10 Å². The van der Waals surface area contributed by atoms with Crippen LogP contribution in [0.5, 0.6) is 0 Å². The summed E-state index contributed by atoms with van der Waals surface area (Å²) in [5, 5.41) is 0. The minimum atomic E-state index is -0.792. The van der Waals surface area contributed by atoms with Gasteiger partial charge in [0.2, 0.25) is 0 Å². The molecule has 67 heavy (non-hydrogen) atoms. The maximum absolute atomic E-state index is 12.8. The van der Waals surface area contributed by atoms with Crippen molar-refractivity contribution in [1.29, 1.82) is 0 Å². The lowest BCUT2D eigenvalue weighted by Gasteiger charge is -2.18. The quantitative estimate of drug-likeness (QED) is 0.0262. The maximum atomic E-state index is 12.8. The van der Waals surface area contributed by atoms with E-state index in [-0.39, 0.29) is 37.5 Å². The van der Waals surface area contributed by atoms with Crippen molar-refractivity contribution < 1.29 is 28.6 Å². The Hall–Kier alpha value is -2.89. The maximum Gasteiger partial charge on any atom is 0.306 e. The van der Waals surface area contributed by atoms with Gasteiger partial charge in [-0.05, 0) is 83.5 Å². The molecule has 0 aromatic rings. The molecule has 0 rings (SSSR count). The summed E-state index contributed by atoms with van der Waals surface area (Å²) in [5.74, 6) is -0.925. The number of hydrogen-bond donors (Lipinski definition) is 0. The third-order valence-corrected chi connectivity index (χ3v) is 12.5. The van der Waals surface area contributed by atoms with Gasteiger partial charge < -0.3 is 14.2 Å². The Morgan fingerprint density at radius 3 is 0.955 bits per heavy atom. The molecule has 0 spiro atoms. The zero-order valence-electron chi connectivity index (χ0n) is 44.4. The molecule has 6 heteroatoms. The first kappa shape index (κ1) is 64.1. The molecule has 0 saturated carbocycles. The lowest BCUT2D eigenvalue weighted by molar-refractivity contribution is -0.167. The Bertz CT molecular complexity index is 1210. The zero-order valence-corrected chi connectivity index (χ0v) is 44.4. The van der Waals surface area contributed by atoms with Crippen molar-refractivity contribution in [3.63, 3.8) is 0 Å². The predicted molar refractivity (Wildman–Crippen MR) is 288 cm³/mol. The molecule has 0 aliphatic heterocycles. The lowest BCUT2D eigenvalue weighted by atomic mass is 10.0. The monoisotopic (exact) mass is 937 g/mol. The summed E-state index contributed by atoms with van der Waals surface area (Å²) in [6.07, 6.45) is 69.5. The number of allylic oxidation sites excluding steroid dienone is 10. The normalized spacial score (nSPS) is 12.5. The molecule has 0 amide bonds. The minimum absolute atomic E-state index is 0.0887. The number of esters is 3. The van der Waals surface area contributed by atoms with Crippen molar-refractivity contribution in [3.05, 3.63) is 60.8 Å². The average molecular weight is 938 g/mol. The molecule has 0 aliphatic carbocycles. The molecule has 388 valence electrons. The second kappa shape index (κ2) is 55.7. The van der Waals surface area contributed by atoms with Crippen LogP contribution in [-0.4, -0.2) is 37.2 Å². The van der Waals surface area contributed by atoms with Crippen LogP contribution in [-0.2, 0) is 28.6 Å². The molecule has 0 radical (unpaired) electrons. The second-order valence-corrected chi connectivity index (χ2v) is 19.2. The fourth-order valence-electron chi connectivity index (χ4n) is 8.19. The van der Waals surface area contributed by atoms with Gasteiger partial charge in [0.1, 0.15) is 13.2 Å². The van der Waals surface area contributed by atoms with Gasteiger partial charge in [0.05, 0.1) is 0 Å². The van der Waals surface area contributed by atoms with E-state index in [0.29, 0.717) is 19.3 Å². The minimum Gasteiger partial charge on any atom is -0.462 e. The van der Waals surface area contributed by atoms with E-state index in [1.54, 1.807) is 0 Å². The first-order chi connectivity index (χ1) is 33.0. The smallest absolute Gasteiger partial charge is 0.306 e. The van der Waals surface area contributed by atoms with E-state index in [1.807, 2.05) is 0 Å². The fraction of sp³-hybridized carbons (Fsp3) is 0.787. The molecule has 0 aromatic carbocycles. The van der Waals surface area contributed by atoms with Gasteiger partial charge in [0.25, 0.3) is 0 Å². The summed E-state index contributed by atoms with van der Waals surface area (Å²) in [5.41, 5.74) is 0. The first-order valence-corrected chi connectivity index (χ1v) is 28.8.